The van der Waals surface area contributed by atoms with Crippen molar-refractivity contribution >= 4 is 11.6 Å². The second-order valence-corrected chi connectivity index (χ2v) is 8.52. The third-order valence-electron chi connectivity index (χ3n) is 6.25. The van der Waals surface area contributed by atoms with Gasteiger partial charge in [0.25, 0.3) is 5.91 Å². The van der Waals surface area contributed by atoms with Gasteiger partial charge in [0.1, 0.15) is 17.5 Å². The summed E-state index contributed by atoms with van der Waals surface area (Å²) in [7, 11) is 1.85. The van der Waals surface area contributed by atoms with Gasteiger partial charge in [0.05, 0.1) is 11.3 Å². The van der Waals surface area contributed by atoms with E-state index in [2.05, 4.69) is 25.9 Å². The van der Waals surface area contributed by atoms with Gasteiger partial charge in [-0.2, -0.15) is 0 Å². The number of nitrogens with zero attached hydrogens (tertiary/aromatic N) is 1. The molecule has 0 atom stereocenters. The third-order valence-corrected chi connectivity index (χ3v) is 6.25. The zero-order valence-corrected chi connectivity index (χ0v) is 19.4. The lowest BCUT2D eigenvalue weighted by Crippen LogP contribution is -2.13. The summed E-state index contributed by atoms with van der Waals surface area (Å²) in [5.74, 6) is -0.330. The maximum absolute atomic E-state index is 15.2. The minimum absolute atomic E-state index is 0.204. The maximum Gasteiger partial charge on any atom is 0.252 e. The number of imidazole rings is 1. The Bertz CT molecular complexity index is 1430. The topological polar surface area (TPSA) is 81.8 Å². The summed E-state index contributed by atoms with van der Waals surface area (Å²) < 4.78 is 29.1. The Hall–Kier alpha value is -4.04. The van der Waals surface area contributed by atoms with E-state index in [-0.39, 0.29) is 18.3 Å². The molecule has 0 unspecified atom stereocenters. The van der Waals surface area contributed by atoms with Gasteiger partial charge in [-0.15, -0.1) is 0 Å². The van der Waals surface area contributed by atoms with Crippen molar-refractivity contribution in [1.82, 2.24) is 20.6 Å². The molecular weight excluding hydrogens is 448 g/mol. The number of nitrogens with one attached hydrogen (secondary N) is 4. The van der Waals surface area contributed by atoms with Crippen molar-refractivity contribution in [1.29, 1.82) is 0 Å². The van der Waals surface area contributed by atoms with Crippen molar-refractivity contribution in [3.63, 3.8) is 0 Å². The number of aromatic amines is 1. The fraction of sp³-hybridized carbons (Fsp3) is 0.185. The van der Waals surface area contributed by atoms with E-state index in [4.69, 9.17) is 0 Å². The summed E-state index contributed by atoms with van der Waals surface area (Å²) in [5.41, 5.74) is 5.83. The smallest absolute Gasteiger partial charge is 0.252 e. The number of carbonyl (C=O) groups excluding carboxylic acids is 1. The van der Waals surface area contributed by atoms with Crippen molar-refractivity contribution in [2.24, 2.45) is 0 Å². The van der Waals surface area contributed by atoms with E-state index >= 15 is 4.39 Å². The summed E-state index contributed by atoms with van der Waals surface area (Å²) in [6, 6.07) is 14.9. The molecule has 178 valence electrons. The van der Waals surface area contributed by atoms with Gasteiger partial charge in [0.2, 0.25) is 0 Å². The van der Waals surface area contributed by atoms with Crippen LogP contribution in [0.5, 0.6) is 0 Å². The van der Waals surface area contributed by atoms with E-state index in [1.807, 2.05) is 26.1 Å². The summed E-state index contributed by atoms with van der Waals surface area (Å²) in [4.78, 5) is 20.7. The molecule has 4 aromatic rings. The monoisotopic (exact) mass is 473 g/mol. The molecule has 0 radical (unpaired) electrons. The van der Waals surface area contributed by atoms with E-state index in [0.29, 0.717) is 52.4 Å². The highest BCUT2D eigenvalue weighted by atomic mass is 19.1. The second-order valence-electron chi connectivity index (χ2n) is 8.52. The van der Waals surface area contributed by atoms with Crippen LogP contribution in [0.1, 0.15) is 32.9 Å². The average molecular weight is 474 g/mol. The highest BCUT2D eigenvalue weighted by molar-refractivity contribution is 6.06. The van der Waals surface area contributed by atoms with Gasteiger partial charge in [0.15, 0.2) is 0 Å². The molecule has 0 saturated heterocycles. The molecule has 1 aromatic heterocycles. The predicted octanol–water partition coefficient (Wildman–Crippen LogP) is 4.91. The molecule has 0 aliphatic carbocycles. The van der Waals surface area contributed by atoms with Gasteiger partial charge in [-0.05, 0) is 55.4 Å². The molecular formula is C27H25F2N5O. The molecule has 0 fully saturated rings. The van der Waals surface area contributed by atoms with Crippen LogP contribution in [0.15, 0.2) is 54.6 Å². The average Bonchev–Trinajstić information content (AvgIpc) is 3.41. The minimum atomic E-state index is -0.428. The van der Waals surface area contributed by atoms with Crippen molar-refractivity contribution in [2.45, 2.75) is 26.6 Å². The Morgan fingerprint density at radius 1 is 0.971 bits per heavy atom. The van der Waals surface area contributed by atoms with Crippen molar-refractivity contribution < 1.29 is 13.6 Å². The van der Waals surface area contributed by atoms with E-state index in [1.165, 1.54) is 12.1 Å². The van der Waals surface area contributed by atoms with Crippen LogP contribution in [0, 0.1) is 18.6 Å². The molecule has 2 heterocycles. The first-order valence-electron chi connectivity index (χ1n) is 11.4. The molecule has 1 amide bonds. The number of carbonyl (C=O) groups is 1. The molecule has 5 rings (SSSR count). The minimum Gasteiger partial charge on any atom is -0.381 e. The number of aryl methyl sites for hydroxylation is 1. The van der Waals surface area contributed by atoms with Crippen LogP contribution in [0.2, 0.25) is 0 Å². The number of amides is 1. The molecule has 4 N–H and O–H groups in total. The van der Waals surface area contributed by atoms with Gasteiger partial charge < -0.3 is 20.9 Å². The molecule has 1 aliphatic rings. The second kappa shape index (κ2) is 9.31. The first kappa shape index (κ1) is 22.7. The number of halogens is 2. The number of benzene rings is 3. The first-order valence-corrected chi connectivity index (χ1v) is 11.4. The normalized spacial score (nSPS) is 12.5. The Morgan fingerprint density at radius 2 is 1.74 bits per heavy atom. The number of anilines is 1. The molecule has 8 heteroatoms. The number of fused-ring (bicyclic) bond motifs is 1. The van der Waals surface area contributed by atoms with Gasteiger partial charge in [-0.3, -0.25) is 4.79 Å². The summed E-state index contributed by atoms with van der Waals surface area (Å²) in [6.07, 6.45) is 0. The van der Waals surface area contributed by atoms with Crippen molar-refractivity contribution in [3.05, 3.63) is 94.3 Å². The lowest BCUT2D eigenvalue weighted by Gasteiger charge is -2.13. The van der Waals surface area contributed by atoms with E-state index in [1.54, 1.807) is 30.3 Å². The van der Waals surface area contributed by atoms with Crippen LogP contribution >= 0.6 is 0 Å². The first-order chi connectivity index (χ1) is 17.0. The number of H-pyrrole nitrogens is 1. The SMILES string of the molecule is CNCc1nc(-c2ccc(-c3ccc(NCc4ccccc4F)cc3F)c3c2C(=O)NC3)[nH]c1C. The Labute approximate surface area is 201 Å². The molecule has 3 aromatic carbocycles. The van der Waals surface area contributed by atoms with E-state index in [9.17, 15) is 9.18 Å². The van der Waals surface area contributed by atoms with Crippen LogP contribution in [0.3, 0.4) is 0 Å². The molecule has 1 aliphatic heterocycles. The summed E-state index contributed by atoms with van der Waals surface area (Å²) in [5, 5.41) is 9.01. The largest absolute Gasteiger partial charge is 0.381 e. The number of aromatic nitrogens is 2. The van der Waals surface area contributed by atoms with Gasteiger partial charge in [0, 0.05) is 47.7 Å². The van der Waals surface area contributed by atoms with Crippen LogP contribution in [-0.4, -0.2) is 22.9 Å². The lowest BCUT2D eigenvalue weighted by molar-refractivity contribution is 0.0966. The standard InChI is InChI=1S/C27H25F2N5O/c1-15-24(14-30-2)34-26(33-15)20-10-9-18(21-13-32-27(35)25(20)21)19-8-7-17(11-23(19)29)31-12-16-5-3-4-6-22(16)28/h3-11,30-31H,12-14H2,1-2H3,(H,32,35)(H,33,34). The van der Waals surface area contributed by atoms with Crippen LogP contribution in [0.25, 0.3) is 22.5 Å². The van der Waals surface area contributed by atoms with Crippen molar-refractivity contribution in [2.75, 3.05) is 12.4 Å². The lowest BCUT2D eigenvalue weighted by atomic mass is 9.92. The Balaban J connectivity index is 1.47. The summed E-state index contributed by atoms with van der Waals surface area (Å²) >= 11 is 0. The van der Waals surface area contributed by atoms with Crippen LogP contribution < -0.4 is 16.0 Å². The predicted molar refractivity (Wildman–Crippen MR) is 132 cm³/mol. The Kier molecular flexibility index (Phi) is 6.05. The number of hydrogen-bond acceptors (Lipinski definition) is 4. The third kappa shape index (κ3) is 4.28. The number of rotatable bonds is 7. The fourth-order valence-corrected chi connectivity index (χ4v) is 4.44. The maximum atomic E-state index is 15.2. The van der Waals surface area contributed by atoms with Crippen LogP contribution in [-0.2, 0) is 19.6 Å². The molecule has 6 nitrogen and oxygen atoms in total. The highest BCUT2D eigenvalue weighted by Gasteiger charge is 2.28. The van der Waals surface area contributed by atoms with Crippen LogP contribution in [0.4, 0.5) is 14.5 Å². The zero-order valence-electron chi connectivity index (χ0n) is 19.4. The zero-order chi connectivity index (χ0) is 24.5. The fourth-order valence-electron chi connectivity index (χ4n) is 4.44. The van der Waals surface area contributed by atoms with Gasteiger partial charge in [-0.25, -0.2) is 13.8 Å². The molecule has 35 heavy (non-hydrogen) atoms. The van der Waals surface area contributed by atoms with Crippen molar-refractivity contribution in [3.8, 4) is 22.5 Å². The quantitative estimate of drug-likeness (QED) is 0.308. The van der Waals surface area contributed by atoms with Gasteiger partial charge >= 0.3 is 0 Å². The highest BCUT2D eigenvalue weighted by Crippen LogP contribution is 2.37. The molecule has 0 spiro atoms. The number of hydrogen-bond donors (Lipinski definition) is 4. The summed E-state index contributed by atoms with van der Waals surface area (Å²) in [6.45, 7) is 3.10. The van der Waals surface area contributed by atoms with E-state index in [0.717, 1.165) is 17.0 Å². The molecule has 0 bridgehead atoms. The van der Waals surface area contributed by atoms with E-state index < -0.39 is 5.82 Å². The molecule has 0 saturated carbocycles. The van der Waals surface area contributed by atoms with Gasteiger partial charge in [-0.1, -0.05) is 24.3 Å². The Morgan fingerprint density at radius 3 is 2.51 bits per heavy atom.